The number of aromatic nitrogens is 2. The molecule has 2 rings (SSSR count). The molecule has 0 spiro atoms. The summed E-state index contributed by atoms with van der Waals surface area (Å²) in [5.41, 5.74) is 1.57. The van der Waals surface area contributed by atoms with Crippen LogP contribution < -0.4 is 5.32 Å². The molecule has 0 aliphatic heterocycles. The van der Waals surface area contributed by atoms with Crippen molar-refractivity contribution in [3.63, 3.8) is 0 Å². The second-order valence-corrected chi connectivity index (χ2v) is 5.76. The van der Waals surface area contributed by atoms with E-state index in [0.29, 0.717) is 10.8 Å². The van der Waals surface area contributed by atoms with Crippen LogP contribution in [0, 0.1) is 6.92 Å². The number of aryl methyl sites for hydroxylation is 2. The molecule has 1 amide bonds. The fraction of sp³-hybridized carbons (Fsp3) is 0.333. The molecule has 2 aromatic heterocycles. The predicted octanol–water partition coefficient (Wildman–Crippen LogP) is 3.68. The first-order valence-electron chi connectivity index (χ1n) is 5.69. The average Bonchev–Trinajstić information content (AvgIpc) is 2.86. The molecular weight excluding hydrogens is 314 g/mol. The largest absolute Gasteiger partial charge is 0.342 e. The summed E-state index contributed by atoms with van der Waals surface area (Å²) in [5, 5.41) is 5.37. The second kappa shape index (κ2) is 5.67. The number of hydrogen-bond acceptors (Lipinski definition) is 3. The summed E-state index contributed by atoms with van der Waals surface area (Å²) in [6.07, 6.45) is 2.91. The van der Waals surface area contributed by atoms with Crippen LogP contribution in [-0.4, -0.2) is 15.5 Å². The standard InChI is InChI=1S/C12H14BrN3OS/c1-3-4-16-6-9(13)5-10(16)11(17)15-12-14-8(2)7-18-12/h5-7H,3-4H2,1-2H3,(H,14,15,17). The van der Waals surface area contributed by atoms with Gasteiger partial charge in [-0.3, -0.25) is 10.1 Å². The van der Waals surface area contributed by atoms with Gasteiger partial charge in [-0.1, -0.05) is 6.92 Å². The maximum absolute atomic E-state index is 12.1. The predicted molar refractivity (Wildman–Crippen MR) is 77.2 cm³/mol. The van der Waals surface area contributed by atoms with Crippen molar-refractivity contribution in [2.45, 2.75) is 26.8 Å². The molecule has 96 valence electrons. The van der Waals surface area contributed by atoms with Crippen LogP contribution >= 0.6 is 27.3 Å². The molecule has 6 heteroatoms. The smallest absolute Gasteiger partial charge is 0.274 e. The van der Waals surface area contributed by atoms with E-state index < -0.39 is 0 Å². The number of carbonyl (C=O) groups is 1. The summed E-state index contributed by atoms with van der Waals surface area (Å²) in [5.74, 6) is -0.122. The minimum Gasteiger partial charge on any atom is -0.342 e. The van der Waals surface area contributed by atoms with Crippen LogP contribution in [-0.2, 0) is 6.54 Å². The number of nitrogens with one attached hydrogen (secondary N) is 1. The van der Waals surface area contributed by atoms with Gasteiger partial charge in [0.2, 0.25) is 0 Å². The van der Waals surface area contributed by atoms with Crippen LogP contribution in [0.2, 0.25) is 0 Å². The van der Waals surface area contributed by atoms with Gasteiger partial charge < -0.3 is 4.57 Å². The Morgan fingerprint density at radius 1 is 1.61 bits per heavy atom. The summed E-state index contributed by atoms with van der Waals surface area (Å²) in [6.45, 7) is 4.81. The molecule has 0 aromatic carbocycles. The highest BCUT2D eigenvalue weighted by molar-refractivity contribution is 9.10. The molecule has 0 bridgehead atoms. The van der Waals surface area contributed by atoms with E-state index in [1.807, 2.05) is 29.1 Å². The van der Waals surface area contributed by atoms with Crippen molar-refractivity contribution in [3.05, 3.63) is 33.5 Å². The van der Waals surface area contributed by atoms with Crippen molar-refractivity contribution in [2.24, 2.45) is 0 Å². The SMILES string of the molecule is CCCn1cc(Br)cc1C(=O)Nc1nc(C)cs1. The summed E-state index contributed by atoms with van der Waals surface area (Å²) in [6, 6.07) is 1.82. The lowest BCUT2D eigenvalue weighted by Gasteiger charge is -2.06. The number of hydrogen-bond donors (Lipinski definition) is 1. The molecule has 0 radical (unpaired) electrons. The Morgan fingerprint density at radius 3 is 3.00 bits per heavy atom. The van der Waals surface area contributed by atoms with E-state index in [4.69, 9.17) is 0 Å². The minimum atomic E-state index is -0.122. The van der Waals surface area contributed by atoms with Gasteiger partial charge in [0.15, 0.2) is 5.13 Å². The Morgan fingerprint density at radius 2 is 2.39 bits per heavy atom. The Bertz CT molecular complexity index is 561. The first-order chi connectivity index (χ1) is 8.60. The van der Waals surface area contributed by atoms with E-state index in [9.17, 15) is 4.79 Å². The van der Waals surface area contributed by atoms with E-state index in [0.717, 1.165) is 23.1 Å². The van der Waals surface area contributed by atoms with Gasteiger partial charge >= 0.3 is 0 Å². The van der Waals surface area contributed by atoms with Gasteiger partial charge in [-0.2, -0.15) is 0 Å². The van der Waals surface area contributed by atoms with Gasteiger partial charge in [0.1, 0.15) is 5.69 Å². The minimum absolute atomic E-state index is 0.122. The fourth-order valence-electron chi connectivity index (χ4n) is 1.66. The van der Waals surface area contributed by atoms with Gasteiger partial charge in [0.05, 0.1) is 5.69 Å². The molecule has 0 saturated carbocycles. The highest BCUT2D eigenvalue weighted by atomic mass is 79.9. The number of anilines is 1. The van der Waals surface area contributed by atoms with Crippen molar-refractivity contribution in [1.82, 2.24) is 9.55 Å². The molecule has 1 N–H and O–H groups in total. The molecule has 2 heterocycles. The van der Waals surface area contributed by atoms with Crippen molar-refractivity contribution >= 4 is 38.3 Å². The fourth-order valence-corrected chi connectivity index (χ4v) is 2.81. The Kier molecular flexibility index (Phi) is 4.19. The van der Waals surface area contributed by atoms with Gasteiger partial charge in [-0.25, -0.2) is 4.98 Å². The van der Waals surface area contributed by atoms with Gasteiger partial charge in [0.25, 0.3) is 5.91 Å². The van der Waals surface area contributed by atoms with E-state index in [-0.39, 0.29) is 5.91 Å². The van der Waals surface area contributed by atoms with E-state index in [1.165, 1.54) is 11.3 Å². The van der Waals surface area contributed by atoms with E-state index in [1.54, 1.807) is 0 Å². The lowest BCUT2D eigenvalue weighted by molar-refractivity contribution is 0.101. The van der Waals surface area contributed by atoms with Crippen molar-refractivity contribution in [3.8, 4) is 0 Å². The van der Waals surface area contributed by atoms with Crippen LogP contribution in [0.1, 0.15) is 29.5 Å². The first kappa shape index (κ1) is 13.3. The van der Waals surface area contributed by atoms with Gasteiger partial charge in [-0.05, 0) is 35.3 Å². The summed E-state index contributed by atoms with van der Waals surface area (Å²) < 4.78 is 2.86. The third-order valence-electron chi connectivity index (χ3n) is 2.40. The van der Waals surface area contributed by atoms with Crippen LogP contribution in [0.3, 0.4) is 0 Å². The molecular formula is C12H14BrN3OS. The van der Waals surface area contributed by atoms with Crippen LogP contribution in [0.25, 0.3) is 0 Å². The lowest BCUT2D eigenvalue weighted by Crippen LogP contribution is -2.16. The average molecular weight is 328 g/mol. The van der Waals surface area contributed by atoms with Crippen molar-refractivity contribution < 1.29 is 4.79 Å². The van der Waals surface area contributed by atoms with Gasteiger partial charge in [0, 0.05) is 22.6 Å². The summed E-state index contributed by atoms with van der Waals surface area (Å²) >= 11 is 4.83. The van der Waals surface area contributed by atoms with E-state index >= 15 is 0 Å². The Balaban J connectivity index is 2.17. The number of nitrogens with zero attached hydrogens (tertiary/aromatic N) is 2. The maximum atomic E-state index is 12.1. The molecule has 0 aliphatic rings. The summed E-state index contributed by atoms with van der Waals surface area (Å²) in [7, 11) is 0. The molecule has 0 atom stereocenters. The van der Waals surface area contributed by atoms with Crippen molar-refractivity contribution in [2.75, 3.05) is 5.32 Å². The Labute approximate surface area is 118 Å². The number of thiazole rings is 1. The molecule has 2 aromatic rings. The normalized spacial score (nSPS) is 10.6. The molecule has 0 aliphatic carbocycles. The highest BCUT2D eigenvalue weighted by Gasteiger charge is 2.14. The molecule has 0 fully saturated rings. The number of rotatable bonds is 4. The third-order valence-corrected chi connectivity index (χ3v) is 3.71. The first-order valence-corrected chi connectivity index (χ1v) is 7.36. The zero-order valence-electron chi connectivity index (χ0n) is 10.2. The zero-order chi connectivity index (χ0) is 13.1. The van der Waals surface area contributed by atoms with Crippen molar-refractivity contribution in [1.29, 1.82) is 0 Å². The number of halogens is 1. The quantitative estimate of drug-likeness (QED) is 0.931. The maximum Gasteiger partial charge on any atom is 0.274 e. The lowest BCUT2D eigenvalue weighted by atomic mass is 10.4. The zero-order valence-corrected chi connectivity index (χ0v) is 12.6. The molecule has 18 heavy (non-hydrogen) atoms. The highest BCUT2D eigenvalue weighted by Crippen LogP contribution is 2.19. The summed E-state index contributed by atoms with van der Waals surface area (Å²) in [4.78, 5) is 16.4. The molecule has 0 unspecified atom stereocenters. The van der Waals surface area contributed by atoms with Crippen LogP contribution in [0.15, 0.2) is 22.1 Å². The Hall–Kier alpha value is -1.14. The second-order valence-electron chi connectivity index (χ2n) is 3.99. The van der Waals surface area contributed by atoms with Gasteiger partial charge in [-0.15, -0.1) is 11.3 Å². The molecule has 4 nitrogen and oxygen atoms in total. The van der Waals surface area contributed by atoms with Crippen LogP contribution in [0.4, 0.5) is 5.13 Å². The number of amides is 1. The van der Waals surface area contributed by atoms with Crippen LogP contribution in [0.5, 0.6) is 0 Å². The molecule has 0 saturated heterocycles. The van der Waals surface area contributed by atoms with E-state index in [2.05, 4.69) is 33.2 Å². The third kappa shape index (κ3) is 3.00. The topological polar surface area (TPSA) is 46.9 Å². The monoisotopic (exact) mass is 327 g/mol. The number of carbonyl (C=O) groups excluding carboxylic acids is 1.